The number of hydrogen-bond donors (Lipinski definition) is 2. The van der Waals surface area contributed by atoms with Crippen molar-refractivity contribution in [1.82, 2.24) is 20.5 Å². The number of aromatic amines is 1. The zero-order chi connectivity index (χ0) is 16.9. The molecule has 0 saturated heterocycles. The lowest BCUT2D eigenvalue weighted by atomic mass is 10.1. The van der Waals surface area contributed by atoms with Crippen molar-refractivity contribution in [2.24, 2.45) is 0 Å². The van der Waals surface area contributed by atoms with Crippen molar-refractivity contribution in [1.29, 1.82) is 0 Å². The fraction of sp³-hybridized carbons (Fsp3) is 0.500. The summed E-state index contributed by atoms with van der Waals surface area (Å²) < 4.78 is 6.00. The van der Waals surface area contributed by atoms with Crippen molar-refractivity contribution in [2.45, 2.75) is 58.1 Å². The number of carbonyl (C=O) groups is 1. The van der Waals surface area contributed by atoms with Gasteiger partial charge < -0.3 is 10.1 Å². The van der Waals surface area contributed by atoms with Crippen LogP contribution in [0.1, 0.15) is 67.2 Å². The largest absolute Gasteiger partial charge is 0.474 e. The average Bonchev–Trinajstić information content (AvgIpc) is 3.25. The predicted molar refractivity (Wildman–Crippen MR) is 91.0 cm³/mol. The van der Waals surface area contributed by atoms with Crippen LogP contribution in [-0.4, -0.2) is 27.2 Å². The van der Waals surface area contributed by atoms with Crippen molar-refractivity contribution in [3.8, 4) is 5.88 Å². The Morgan fingerprint density at radius 3 is 2.92 bits per heavy atom. The van der Waals surface area contributed by atoms with Crippen LogP contribution in [0.3, 0.4) is 0 Å². The number of carbonyl (C=O) groups excluding carboxylic acids is 1. The number of aromatic nitrogens is 3. The SMILES string of the molecule is CC(C)c1cc(C(=O)NCc2cccnc2OC2CCCC2)n[nH]1. The molecule has 0 radical (unpaired) electrons. The number of rotatable bonds is 6. The second kappa shape index (κ2) is 7.47. The van der Waals surface area contributed by atoms with E-state index >= 15 is 0 Å². The van der Waals surface area contributed by atoms with Gasteiger partial charge in [0.25, 0.3) is 5.91 Å². The van der Waals surface area contributed by atoms with E-state index in [1.807, 2.05) is 12.1 Å². The van der Waals surface area contributed by atoms with Crippen LogP contribution in [0.15, 0.2) is 24.4 Å². The van der Waals surface area contributed by atoms with Gasteiger partial charge in [0.1, 0.15) is 11.8 Å². The molecule has 2 heterocycles. The lowest BCUT2D eigenvalue weighted by Gasteiger charge is -2.15. The third-order valence-electron chi connectivity index (χ3n) is 4.32. The average molecular weight is 328 g/mol. The summed E-state index contributed by atoms with van der Waals surface area (Å²) in [7, 11) is 0. The van der Waals surface area contributed by atoms with E-state index in [9.17, 15) is 4.79 Å². The number of ether oxygens (including phenoxy) is 1. The van der Waals surface area contributed by atoms with E-state index in [2.05, 4.69) is 34.3 Å². The van der Waals surface area contributed by atoms with Crippen LogP contribution in [0, 0.1) is 0 Å². The van der Waals surface area contributed by atoms with Crippen molar-refractivity contribution in [3.63, 3.8) is 0 Å². The van der Waals surface area contributed by atoms with Gasteiger partial charge in [0.15, 0.2) is 0 Å². The van der Waals surface area contributed by atoms with E-state index in [0.717, 1.165) is 24.1 Å². The molecule has 1 saturated carbocycles. The van der Waals surface area contributed by atoms with Crippen LogP contribution >= 0.6 is 0 Å². The Hall–Kier alpha value is -2.37. The highest BCUT2D eigenvalue weighted by atomic mass is 16.5. The maximum Gasteiger partial charge on any atom is 0.272 e. The van der Waals surface area contributed by atoms with Gasteiger partial charge >= 0.3 is 0 Å². The number of nitrogens with one attached hydrogen (secondary N) is 2. The molecule has 1 aliphatic carbocycles. The van der Waals surface area contributed by atoms with E-state index < -0.39 is 0 Å². The van der Waals surface area contributed by atoms with E-state index in [1.165, 1.54) is 12.8 Å². The summed E-state index contributed by atoms with van der Waals surface area (Å²) in [5, 5.41) is 9.86. The molecule has 0 bridgehead atoms. The quantitative estimate of drug-likeness (QED) is 0.853. The number of hydrogen-bond acceptors (Lipinski definition) is 4. The summed E-state index contributed by atoms with van der Waals surface area (Å²) in [6.45, 7) is 4.48. The zero-order valence-corrected chi connectivity index (χ0v) is 14.2. The lowest BCUT2D eigenvalue weighted by Crippen LogP contribution is -2.24. The molecule has 0 atom stereocenters. The molecule has 24 heavy (non-hydrogen) atoms. The van der Waals surface area contributed by atoms with Gasteiger partial charge in [-0.1, -0.05) is 19.9 Å². The van der Waals surface area contributed by atoms with Crippen molar-refractivity contribution in [3.05, 3.63) is 41.3 Å². The molecule has 6 nitrogen and oxygen atoms in total. The molecule has 2 aromatic rings. The number of pyridine rings is 1. The minimum atomic E-state index is -0.200. The van der Waals surface area contributed by atoms with Crippen LogP contribution in [0.4, 0.5) is 0 Å². The fourth-order valence-corrected chi connectivity index (χ4v) is 2.84. The molecule has 2 aromatic heterocycles. The van der Waals surface area contributed by atoms with Crippen LogP contribution in [0.25, 0.3) is 0 Å². The minimum Gasteiger partial charge on any atom is -0.474 e. The van der Waals surface area contributed by atoms with Crippen molar-refractivity contribution < 1.29 is 9.53 Å². The summed E-state index contributed by atoms with van der Waals surface area (Å²) in [5.74, 6) is 0.729. The van der Waals surface area contributed by atoms with E-state index in [0.29, 0.717) is 24.0 Å². The monoisotopic (exact) mass is 328 g/mol. The highest BCUT2D eigenvalue weighted by molar-refractivity contribution is 5.92. The summed E-state index contributed by atoms with van der Waals surface area (Å²) in [6, 6.07) is 5.58. The third-order valence-corrected chi connectivity index (χ3v) is 4.32. The first-order valence-electron chi connectivity index (χ1n) is 8.57. The fourth-order valence-electron chi connectivity index (χ4n) is 2.84. The van der Waals surface area contributed by atoms with Crippen LogP contribution in [0.2, 0.25) is 0 Å². The van der Waals surface area contributed by atoms with E-state index in [4.69, 9.17) is 4.74 Å². The van der Waals surface area contributed by atoms with Crippen LogP contribution < -0.4 is 10.1 Å². The van der Waals surface area contributed by atoms with E-state index in [-0.39, 0.29) is 12.0 Å². The maximum atomic E-state index is 12.3. The summed E-state index contributed by atoms with van der Waals surface area (Å²) in [6.07, 6.45) is 6.54. The Kier molecular flexibility index (Phi) is 5.13. The molecular formula is C18H24N4O2. The van der Waals surface area contributed by atoms with Gasteiger partial charge in [-0.2, -0.15) is 5.10 Å². The normalized spacial score (nSPS) is 15.0. The lowest BCUT2D eigenvalue weighted by molar-refractivity contribution is 0.0945. The van der Waals surface area contributed by atoms with Crippen LogP contribution in [0.5, 0.6) is 5.88 Å². The highest BCUT2D eigenvalue weighted by Crippen LogP contribution is 2.25. The van der Waals surface area contributed by atoms with Gasteiger partial charge in [-0.25, -0.2) is 4.98 Å². The maximum absolute atomic E-state index is 12.3. The Morgan fingerprint density at radius 2 is 2.21 bits per heavy atom. The first-order chi connectivity index (χ1) is 11.6. The molecule has 2 N–H and O–H groups in total. The molecule has 6 heteroatoms. The standard InChI is InChI=1S/C18H24N4O2/c1-12(2)15-10-16(22-21-15)17(23)20-11-13-6-5-9-19-18(13)24-14-7-3-4-8-14/h5-6,9-10,12,14H,3-4,7-8,11H2,1-2H3,(H,20,23)(H,21,22). The molecule has 0 spiro atoms. The Balaban J connectivity index is 1.62. The minimum absolute atomic E-state index is 0.200. The molecule has 3 rings (SSSR count). The number of H-pyrrole nitrogens is 1. The molecule has 1 aliphatic rings. The van der Waals surface area contributed by atoms with Gasteiger partial charge in [-0.05, 0) is 43.7 Å². The number of amides is 1. The summed E-state index contributed by atoms with van der Waals surface area (Å²) in [4.78, 5) is 16.6. The Morgan fingerprint density at radius 1 is 1.42 bits per heavy atom. The van der Waals surface area contributed by atoms with Gasteiger partial charge in [0, 0.05) is 24.0 Å². The van der Waals surface area contributed by atoms with Crippen molar-refractivity contribution in [2.75, 3.05) is 0 Å². The second-order valence-corrected chi connectivity index (χ2v) is 6.54. The third kappa shape index (κ3) is 3.93. The van der Waals surface area contributed by atoms with Gasteiger partial charge in [0.05, 0.1) is 0 Å². The summed E-state index contributed by atoms with van der Waals surface area (Å²) >= 11 is 0. The molecule has 0 unspecified atom stereocenters. The smallest absolute Gasteiger partial charge is 0.272 e. The first-order valence-corrected chi connectivity index (χ1v) is 8.57. The van der Waals surface area contributed by atoms with Crippen LogP contribution in [-0.2, 0) is 6.54 Å². The summed E-state index contributed by atoms with van der Waals surface area (Å²) in [5.41, 5.74) is 2.24. The molecular weight excluding hydrogens is 304 g/mol. The molecule has 0 aromatic carbocycles. The topological polar surface area (TPSA) is 79.9 Å². The molecule has 1 fully saturated rings. The first kappa shape index (κ1) is 16.5. The van der Waals surface area contributed by atoms with Crippen molar-refractivity contribution >= 4 is 5.91 Å². The van der Waals surface area contributed by atoms with Gasteiger partial charge in [-0.3, -0.25) is 9.89 Å². The predicted octanol–water partition coefficient (Wildman–Crippen LogP) is 3.18. The Labute approximate surface area is 142 Å². The van der Waals surface area contributed by atoms with Gasteiger partial charge in [0.2, 0.25) is 5.88 Å². The number of nitrogens with zero attached hydrogens (tertiary/aromatic N) is 2. The molecule has 1 amide bonds. The Bertz CT molecular complexity index is 690. The molecule has 0 aliphatic heterocycles. The van der Waals surface area contributed by atoms with Gasteiger partial charge in [-0.15, -0.1) is 0 Å². The molecule has 128 valence electrons. The zero-order valence-electron chi connectivity index (χ0n) is 14.2. The highest BCUT2D eigenvalue weighted by Gasteiger charge is 2.19. The second-order valence-electron chi connectivity index (χ2n) is 6.54. The van der Waals surface area contributed by atoms with E-state index in [1.54, 1.807) is 12.3 Å².